The van der Waals surface area contributed by atoms with Gasteiger partial charge in [0.15, 0.2) is 17.5 Å². The van der Waals surface area contributed by atoms with Crippen molar-refractivity contribution in [3.63, 3.8) is 0 Å². The summed E-state index contributed by atoms with van der Waals surface area (Å²) in [7, 11) is 3.34. The summed E-state index contributed by atoms with van der Waals surface area (Å²) in [6.07, 6.45) is 3.65. The van der Waals surface area contributed by atoms with Gasteiger partial charge in [-0.05, 0) is 43.4 Å². The lowest BCUT2D eigenvalue weighted by atomic mass is 9.78. The van der Waals surface area contributed by atoms with Crippen LogP contribution >= 0.6 is 0 Å². The molecule has 0 aromatic heterocycles. The van der Waals surface area contributed by atoms with Crippen LogP contribution in [0.25, 0.3) is 0 Å². The van der Waals surface area contributed by atoms with Gasteiger partial charge in [0.25, 0.3) is 5.91 Å². The van der Waals surface area contributed by atoms with E-state index in [9.17, 15) is 4.79 Å². The number of carbonyl (C=O) groups is 1. The van der Waals surface area contributed by atoms with E-state index >= 15 is 0 Å². The van der Waals surface area contributed by atoms with Crippen molar-refractivity contribution in [2.45, 2.75) is 58.7 Å². The number of quaternary nitrogens is 2. The lowest BCUT2D eigenvalue weighted by Crippen LogP contribution is -3.29. The molecule has 168 valence electrons. The van der Waals surface area contributed by atoms with Gasteiger partial charge in [0, 0.05) is 11.6 Å². The minimum atomic E-state index is 0.0251. The number of methoxy groups -OCH3 is 2. The van der Waals surface area contributed by atoms with Gasteiger partial charge in [0.1, 0.15) is 32.7 Å². The maximum absolute atomic E-state index is 12.9. The molecule has 0 radical (unpaired) electrons. The number of hydrogen-bond donors (Lipinski definition) is 3. The summed E-state index contributed by atoms with van der Waals surface area (Å²) in [5, 5.41) is 3.38. The molecule has 1 aliphatic heterocycles. The number of carbonyl (C=O) groups excluding carboxylic acids is 1. The first kappa shape index (κ1) is 22.9. The van der Waals surface area contributed by atoms with E-state index in [0.717, 1.165) is 50.6 Å². The highest BCUT2D eigenvalue weighted by Crippen LogP contribution is 2.29. The van der Waals surface area contributed by atoms with Gasteiger partial charge in [-0.15, -0.1) is 0 Å². The van der Waals surface area contributed by atoms with Gasteiger partial charge in [0.2, 0.25) is 0 Å². The molecule has 1 saturated heterocycles. The average Bonchev–Trinajstić information content (AvgIpc) is 2.76. The van der Waals surface area contributed by atoms with E-state index in [-0.39, 0.29) is 11.9 Å². The topological polar surface area (TPSA) is 56.4 Å². The van der Waals surface area contributed by atoms with Crippen molar-refractivity contribution >= 4 is 5.91 Å². The fourth-order valence-electron chi connectivity index (χ4n) is 5.09. The Morgan fingerprint density at radius 2 is 1.80 bits per heavy atom. The lowest BCUT2D eigenvalue weighted by molar-refractivity contribution is -1.02. The first-order valence-electron chi connectivity index (χ1n) is 11.6. The number of benzene rings is 1. The SMILES string of the molecule is COc1ccc(C[NH+]2CC[NH+]([C@H](C)C(=O)N[C@@H]3CCC[C@@H](C)[C@H]3C)CC2)cc1OC. The second-order valence-electron chi connectivity index (χ2n) is 9.38. The van der Waals surface area contributed by atoms with Crippen molar-refractivity contribution in [2.24, 2.45) is 11.8 Å². The van der Waals surface area contributed by atoms with E-state index in [1.54, 1.807) is 19.1 Å². The molecule has 1 heterocycles. The van der Waals surface area contributed by atoms with Gasteiger partial charge in [0.05, 0.1) is 14.2 Å². The molecule has 30 heavy (non-hydrogen) atoms. The third kappa shape index (κ3) is 5.46. The largest absolute Gasteiger partial charge is 0.493 e. The Hall–Kier alpha value is -1.79. The van der Waals surface area contributed by atoms with Crippen molar-refractivity contribution < 1.29 is 24.1 Å². The summed E-state index contributed by atoms with van der Waals surface area (Å²) in [5.74, 6) is 3.07. The quantitative estimate of drug-likeness (QED) is 0.597. The molecule has 6 nitrogen and oxygen atoms in total. The minimum Gasteiger partial charge on any atom is -0.493 e. The minimum absolute atomic E-state index is 0.0251. The number of hydrogen-bond acceptors (Lipinski definition) is 3. The molecule has 0 bridgehead atoms. The number of rotatable bonds is 7. The second-order valence-corrected chi connectivity index (χ2v) is 9.38. The predicted octanol–water partition coefficient (Wildman–Crippen LogP) is 0.317. The Morgan fingerprint density at radius 1 is 1.10 bits per heavy atom. The van der Waals surface area contributed by atoms with Gasteiger partial charge in [-0.25, -0.2) is 0 Å². The fraction of sp³-hybridized carbons (Fsp3) is 0.708. The summed E-state index contributed by atoms with van der Waals surface area (Å²) in [6.45, 7) is 11.9. The standard InChI is InChI=1S/C24H39N3O3/c1-17-7-6-8-21(18(17)2)25-24(28)19(3)27-13-11-26(12-14-27)16-20-9-10-22(29-4)23(15-20)30-5/h9-10,15,17-19,21H,6-8,11-14,16H2,1-5H3,(H,25,28)/p+2/t17-,18-,19-,21-/m1/s1. The molecule has 0 spiro atoms. The molecule has 1 aromatic carbocycles. The average molecular weight is 420 g/mol. The van der Waals surface area contributed by atoms with Crippen LogP contribution in [0.4, 0.5) is 0 Å². The number of ether oxygens (including phenoxy) is 2. The van der Waals surface area contributed by atoms with Gasteiger partial charge >= 0.3 is 0 Å². The van der Waals surface area contributed by atoms with Crippen LogP contribution < -0.4 is 24.6 Å². The second kappa shape index (κ2) is 10.5. The van der Waals surface area contributed by atoms with Crippen LogP contribution in [0.2, 0.25) is 0 Å². The van der Waals surface area contributed by atoms with Crippen LogP contribution in [0.5, 0.6) is 11.5 Å². The van der Waals surface area contributed by atoms with E-state index in [4.69, 9.17) is 9.47 Å². The number of nitrogens with one attached hydrogen (secondary N) is 3. The Labute approximate surface area is 181 Å². The monoisotopic (exact) mass is 419 g/mol. The highest BCUT2D eigenvalue weighted by Gasteiger charge is 2.34. The van der Waals surface area contributed by atoms with Crippen LogP contribution in [0, 0.1) is 11.8 Å². The molecule has 1 saturated carbocycles. The zero-order valence-electron chi connectivity index (χ0n) is 19.4. The van der Waals surface area contributed by atoms with Gasteiger partial charge in [-0.1, -0.05) is 26.7 Å². The Morgan fingerprint density at radius 3 is 2.47 bits per heavy atom. The summed E-state index contributed by atoms with van der Waals surface area (Å²) in [5.41, 5.74) is 1.26. The summed E-state index contributed by atoms with van der Waals surface area (Å²) >= 11 is 0. The molecule has 1 amide bonds. The third-order valence-electron chi connectivity index (χ3n) is 7.54. The molecule has 1 aliphatic carbocycles. The lowest BCUT2D eigenvalue weighted by Gasteiger charge is -2.37. The first-order valence-corrected chi connectivity index (χ1v) is 11.6. The molecule has 3 N–H and O–H groups in total. The van der Waals surface area contributed by atoms with Crippen LogP contribution in [-0.2, 0) is 11.3 Å². The number of piperazine rings is 1. The third-order valence-corrected chi connectivity index (χ3v) is 7.54. The normalized spacial score (nSPS) is 30.4. The van der Waals surface area contributed by atoms with Crippen molar-refractivity contribution in [1.82, 2.24) is 5.32 Å². The molecule has 3 rings (SSSR count). The highest BCUT2D eigenvalue weighted by molar-refractivity contribution is 5.80. The fourth-order valence-corrected chi connectivity index (χ4v) is 5.09. The Kier molecular flexibility index (Phi) is 8.00. The summed E-state index contributed by atoms with van der Waals surface area (Å²) in [4.78, 5) is 15.9. The van der Waals surface area contributed by atoms with Crippen molar-refractivity contribution in [3.05, 3.63) is 23.8 Å². The van der Waals surface area contributed by atoms with E-state index < -0.39 is 0 Å². The Bertz CT molecular complexity index is 703. The number of amides is 1. The molecule has 6 heteroatoms. The van der Waals surface area contributed by atoms with E-state index in [1.165, 1.54) is 23.3 Å². The van der Waals surface area contributed by atoms with Crippen molar-refractivity contribution in [2.75, 3.05) is 40.4 Å². The van der Waals surface area contributed by atoms with Crippen LogP contribution in [0.1, 0.15) is 45.6 Å². The van der Waals surface area contributed by atoms with E-state index in [0.29, 0.717) is 17.9 Å². The van der Waals surface area contributed by atoms with Crippen LogP contribution in [-0.4, -0.2) is 58.4 Å². The van der Waals surface area contributed by atoms with Gasteiger partial charge in [-0.3, -0.25) is 4.79 Å². The molecule has 0 unspecified atom stereocenters. The highest BCUT2D eigenvalue weighted by atomic mass is 16.5. The van der Waals surface area contributed by atoms with Gasteiger partial charge in [-0.2, -0.15) is 0 Å². The van der Waals surface area contributed by atoms with Gasteiger partial charge < -0.3 is 24.6 Å². The first-order chi connectivity index (χ1) is 14.4. The molecular weight excluding hydrogens is 378 g/mol. The zero-order chi connectivity index (χ0) is 21.7. The maximum atomic E-state index is 12.9. The van der Waals surface area contributed by atoms with Crippen LogP contribution in [0.3, 0.4) is 0 Å². The molecule has 1 aromatic rings. The molecular formula is C24H41N3O3+2. The summed E-state index contributed by atoms with van der Waals surface area (Å²) < 4.78 is 10.8. The molecule has 2 aliphatic rings. The Balaban J connectivity index is 1.48. The van der Waals surface area contributed by atoms with Crippen molar-refractivity contribution in [1.29, 1.82) is 0 Å². The van der Waals surface area contributed by atoms with Crippen LogP contribution in [0.15, 0.2) is 18.2 Å². The van der Waals surface area contributed by atoms with E-state index in [1.807, 2.05) is 6.07 Å². The molecule has 2 fully saturated rings. The summed E-state index contributed by atoms with van der Waals surface area (Å²) in [6, 6.07) is 6.55. The van der Waals surface area contributed by atoms with E-state index in [2.05, 4.69) is 38.2 Å². The maximum Gasteiger partial charge on any atom is 0.278 e. The zero-order valence-corrected chi connectivity index (χ0v) is 19.4. The molecule has 4 atom stereocenters. The smallest absolute Gasteiger partial charge is 0.278 e. The van der Waals surface area contributed by atoms with Crippen molar-refractivity contribution in [3.8, 4) is 11.5 Å². The predicted molar refractivity (Wildman–Crippen MR) is 118 cm³/mol.